The number of amides is 2. The second kappa shape index (κ2) is 7.80. The number of rotatable bonds is 4. The molecule has 0 atom stereocenters. The molecule has 26 heavy (non-hydrogen) atoms. The average Bonchev–Trinajstić information content (AvgIpc) is 2.61. The summed E-state index contributed by atoms with van der Waals surface area (Å²) in [7, 11) is 0. The molecule has 1 aliphatic rings. The summed E-state index contributed by atoms with van der Waals surface area (Å²) in [6.07, 6.45) is 1.55. The molecule has 1 saturated heterocycles. The number of hydrogen-bond acceptors (Lipinski definition) is 4. The van der Waals surface area contributed by atoms with Crippen molar-refractivity contribution in [2.45, 2.75) is 6.92 Å². The maximum absolute atomic E-state index is 12.9. The van der Waals surface area contributed by atoms with E-state index in [-0.39, 0.29) is 10.7 Å². The van der Waals surface area contributed by atoms with Gasteiger partial charge in [0.05, 0.1) is 12.3 Å². The molecular weight excluding hydrogens is 416 g/mol. The fourth-order valence-corrected chi connectivity index (χ4v) is 3.04. The van der Waals surface area contributed by atoms with Crippen LogP contribution in [0.15, 0.2) is 58.6 Å². The van der Waals surface area contributed by atoms with Gasteiger partial charge in [0.1, 0.15) is 11.3 Å². The number of carbonyl (C=O) groups is 2. The van der Waals surface area contributed by atoms with Crippen molar-refractivity contribution in [1.82, 2.24) is 5.32 Å². The molecule has 0 saturated carbocycles. The Kier molecular flexibility index (Phi) is 5.49. The molecule has 3 rings (SSSR count). The van der Waals surface area contributed by atoms with Crippen LogP contribution < -0.4 is 15.0 Å². The zero-order chi connectivity index (χ0) is 18.7. The van der Waals surface area contributed by atoms with Gasteiger partial charge in [0.15, 0.2) is 5.11 Å². The van der Waals surface area contributed by atoms with Crippen LogP contribution in [0.1, 0.15) is 12.5 Å². The monoisotopic (exact) mass is 430 g/mol. The third-order valence-electron chi connectivity index (χ3n) is 3.67. The van der Waals surface area contributed by atoms with Gasteiger partial charge in [-0.1, -0.05) is 34.1 Å². The van der Waals surface area contributed by atoms with E-state index in [1.807, 2.05) is 31.2 Å². The Morgan fingerprint density at radius 3 is 2.62 bits per heavy atom. The van der Waals surface area contributed by atoms with Crippen LogP contribution in [0.25, 0.3) is 6.08 Å². The predicted octanol–water partition coefficient (Wildman–Crippen LogP) is 3.68. The van der Waals surface area contributed by atoms with E-state index in [1.54, 1.807) is 30.3 Å². The Labute approximate surface area is 164 Å². The number of thiocarbonyl (C=S) groups is 1. The Bertz CT molecular complexity index is 909. The van der Waals surface area contributed by atoms with Crippen molar-refractivity contribution in [3.63, 3.8) is 0 Å². The van der Waals surface area contributed by atoms with Crippen LogP contribution in [0.4, 0.5) is 5.69 Å². The van der Waals surface area contributed by atoms with Crippen molar-refractivity contribution in [2.75, 3.05) is 11.5 Å². The summed E-state index contributed by atoms with van der Waals surface area (Å²) < 4.78 is 6.39. The van der Waals surface area contributed by atoms with Crippen LogP contribution in [-0.4, -0.2) is 23.5 Å². The number of benzene rings is 2. The zero-order valence-corrected chi connectivity index (χ0v) is 16.3. The van der Waals surface area contributed by atoms with Gasteiger partial charge in [0, 0.05) is 10.5 Å². The highest BCUT2D eigenvalue weighted by atomic mass is 79.9. The number of nitrogens with one attached hydrogen (secondary N) is 1. The van der Waals surface area contributed by atoms with Crippen LogP contribution in [0.5, 0.6) is 5.75 Å². The fraction of sp³-hybridized carbons (Fsp3) is 0.105. The lowest BCUT2D eigenvalue weighted by Gasteiger charge is -2.29. The van der Waals surface area contributed by atoms with Crippen molar-refractivity contribution in [3.8, 4) is 5.75 Å². The van der Waals surface area contributed by atoms with Gasteiger partial charge in [-0.2, -0.15) is 0 Å². The summed E-state index contributed by atoms with van der Waals surface area (Å²) in [6, 6.07) is 14.3. The van der Waals surface area contributed by atoms with Crippen LogP contribution in [0, 0.1) is 0 Å². The third-order valence-corrected chi connectivity index (χ3v) is 4.48. The fourth-order valence-electron chi connectivity index (χ4n) is 2.50. The first kappa shape index (κ1) is 18.3. The van der Waals surface area contributed by atoms with Gasteiger partial charge in [-0.15, -0.1) is 0 Å². The van der Waals surface area contributed by atoms with Gasteiger partial charge in [0.25, 0.3) is 11.8 Å². The van der Waals surface area contributed by atoms with E-state index in [1.165, 1.54) is 4.90 Å². The molecule has 132 valence electrons. The minimum absolute atomic E-state index is 0.0164. The first-order valence-corrected chi connectivity index (χ1v) is 9.09. The molecule has 0 aliphatic carbocycles. The molecule has 0 unspecified atom stereocenters. The predicted molar refractivity (Wildman–Crippen MR) is 108 cm³/mol. The number of anilines is 1. The lowest BCUT2D eigenvalue weighted by molar-refractivity contribution is -0.122. The van der Waals surface area contributed by atoms with Crippen molar-refractivity contribution in [1.29, 1.82) is 0 Å². The standard InChI is InChI=1S/C19H15BrN2O3S/c1-2-25-15-5-3-4-14(11-15)22-18(24)16(17(23)21-19(22)26)10-12-6-8-13(20)9-7-12/h3-11H,2H2,1H3,(H,21,23,26)/b16-10+. The molecule has 7 heteroatoms. The lowest BCUT2D eigenvalue weighted by Crippen LogP contribution is -2.54. The quantitative estimate of drug-likeness (QED) is 0.456. The molecule has 0 bridgehead atoms. The molecule has 2 aromatic carbocycles. The summed E-state index contributed by atoms with van der Waals surface area (Å²) in [5, 5.41) is 2.61. The number of ether oxygens (including phenoxy) is 1. The molecule has 1 heterocycles. The first-order valence-electron chi connectivity index (χ1n) is 7.89. The summed E-state index contributed by atoms with van der Waals surface area (Å²) in [6.45, 7) is 2.38. The van der Waals surface area contributed by atoms with Gasteiger partial charge in [-0.3, -0.25) is 19.8 Å². The molecular formula is C19H15BrN2O3S. The van der Waals surface area contributed by atoms with Crippen molar-refractivity contribution < 1.29 is 14.3 Å². The maximum Gasteiger partial charge on any atom is 0.270 e. The Morgan fingerprint density at radius 2 is 1.92 bits per heavy atom. The molecule has 2 amide bonds. The van der Waals surface area contributed by atoms with Crippen LogP contribution in [0.2, 0.25) is 0 Å². The largest absolute Gasteiger partial charge is 0.494 e. The minimum Gasteiger partial charge on any atom is -0.494 e. The summed E-state index contributed by atoms with van der Waals surface area (Å²) in [5.41, 5.74) is 1.29. The molecule has 0 aromatic heterocycles. The summed E-state index contributed by atoms with van der Waals surface area (Å²) >= 11 is 8.56. The molecule has 1 aliphatic heterocycles. The molecule has 2 aromatic rings. The minimum atomic E-state index is -0.514. The number of halogens is 1. The van der Waals surface area contributed by atoms with E-state index in [0.29, 0.717) is 18.0 Å². The normalized spacial score (nSPS) is 16.0. The highest BCUT2D eigenvalue weighted by molar-refractivity contribution is 9.10. The van der Waals surface area contributed by atoms with Gasteiger partial charge < -0.3 is 4.74 Å². The first-order chi connectivity index (χ1) is 12.5. The Balaban J connectivity index is 1.98. The maximum atomic E-state index is 12.9. The summed E-state index contributed by atoms with van der Waals surface area (Å²) in [5.74, 6) is -0.369. The van der Waals surface area contributed by atoms with E-state index >= 15 is 0 Å². The average molecular weight is 431 g/mol. The number of nitrogens with zero attached hydrogens (tertiary/aromatic N) is 1. The van der Waals surface area contributed by atoms with Gasteiger partial charge in [-0.05, 0) is 55.0 Å². The van der Waals surface area contributed by atoms with E-state index in [2.05, 4.69) is 21.2 Å². The summed E-state index contributed by atoms with van der Waals surface area (Å²) in [4.78, 5) is 26.5. The third kappa shape index (κ3) is 3.84. The van der Waals surface area contributed by atoms with Gasteiger partial charge in [-0.25, -0.2) is 0 Å². The molecule has 5 nitrogen and oxygen atoms in total. The van der Waals surface area contributed by atoms with E-state index in [9.17, 15) is 9.59 Å². The molecule has 0 spiro atoms. The van der Waals surface area contributed by atoms with Crippen LogP contribution in [-0.2, 0) is 9.59 Å². The van der Waals surface area contributed by atoms with Crippen molar-refractivity contribution in [2.24, 2.45) is 0 Å². The number of carbonyl (C=O) groups excluding carboxylic acids is 2. The smallest absolute Gasteiger partial charge is 0.270 e. The highest BCUT2D eigenvalue weighted by Gasteiger charge is 2.34. The molecule has 1 N–H and O–H groups in total. The van der Waals surface area contributed by atoms with Gasteiger partial charge in [0.2, 0.25) is 0 Å². The number of hydrogen-bond donors (Lipinski definition) is 1. The van der Waals surface area contributed by atoms with Gasteiger partial charge >= 0.3 is 0 Å². The van der Waals surface area contributed by atoms with Crippen LogP contribution >= 0.6 is 28.1 Å². The second-order valence-corrected chi connectivity index (χ2v) is 6.74. The Hall–Kier alpha value is -2.51. The molecule has 1 fully saturated rings. The van der Waals surface area contributed by atoms with E-state index in [0.717, 1.165) is 10.0 Å². The Morgan fingerprint density at radius 1 is 1.19 bits per heavy atom. The topological polar surface area (TPSA) is 58.6 Å². The zero-order valence-electron chi connectivity index (χ0n) is 13.9. The van der Waals surface area contributed by atoms with Crippen molar-refractivity contribution >= 4 is 56.8 Å². The highest BCUT2D eigenvalue weighted by Crippen LogP contribution is 2.26. The second-order valence-electron chi connectivity index (χ2n) is 5.44. The lowest BCUT2D eigenvalue weighted by atomic mass is 10.1. The van der Waals surface area contributed by atoms with Crippen LogP contribution in [0.3, 0.4) is 0 Å². The SMILES string of the molecule is CCOc1cccc(N2C(=O)/C(=C/c3ccc(Br)cc3)C(=O)NC2=S)c1. The van der Waals surface area contributed by atoms with E-state index in [4.69, 9.17) is 17.0 Å². The van der Waals surface area contributed by atoms with E-state index < -0.39 is 11.8 Å². The molecule has 0 radical (unpaired) electrons. The van der Waals surface area contributed by atoms with Crippen molar-refractivity contribution in [3.05, 3.63) is 64.1 Å².